The Labute approximate surface area is 175 Å². The molecule has 3 aromatic carbocycles. The Bertz CT molecular complexity index is 1090. The molecule has 0 radical (unpaired) electrons. The summed E-state index contributed by atoms with van der Waals surface area (Å²) in [5.41, 5.74) is 6.76. The number of aliphatic imine (C=N–C) groups is 1. The molecule has 0 bridgehead atoms. The molecule has 0 amide bonds. The number of nitrogens with zero attached hydrogens (tertiary/aromatic N) is 2. The van der Waals surface area contributed by atoms with Crippen LogP contribution in [0.1, 0.15) is 16.7 Å². The van der Waals surface area contributed by atoms with E-state index in [1.54, 1.807) is 0 Å². The third kappa shape index (κ3) is 3.43. The van der Waals surface area contributed by atoms with E-state index in [2.05, 4.69) is 52.9 Å². The third-order valence-electron chi connectivity index (χ3n) is 5.55. The summed E-state index contributed by atoms with van der Waals surface area (Å²) in [7, 11) is 0. The zero-order valence-corrected chi connectivity index (χ0v) is 16.8. The highest BCUT2D eigenvalue weighted by molar-refractivity contribution is 6.30. The van der Waals surface area contributed by atoms with Crippen LogP contribution in [0.4, 0.5) is 11.4 Å². The fourth-order valence-corrected chi connectivity index (χ4v) is 4.17. The number of ether oxygens (including phenoxy) is 1. The van der Waals surface area contributed by atoms with Crippen molar-refractivity contribution in [1.82, 2.24) is 0 Å². The highest BCUT2D eigenvalue weighted by Gasteiger charge is 2.25. The number of hydrogen-bond donors (Lipinski definition) is 0. The molecule has 0 saturated heterocycles. The molecule has 0 spiro atoms. The molecule has 29 heavy (non-hydrogen) atoms. The number of benzene rings is 3. The lowest BCUT2D eigenvalue weighted by atomic mass is 10.0. The molecule has 0 N–H and O–H groups in total. The van der Waals surface area contributed by atoms with Gasteiger partial charge < -0.3 is 9.64 Å². The normalized spacial score (nSPS) is 17.6. The maximum atomic E-state index is 6.13. The van der Waals surface area contributed by atoms with Gasteiger partial charge in [-0.05, 0) is 65.6 Å². The Morgan fingerprint density at radius 1 is 1.03 bits per heavy atom. The molecule has 0 unspecified atom stereocenters. The summed E-state index contributed by atoms with van der Waals surface area (Å²) >= 11 is 6.13. The second-order valence-corrected chi connectivity index (χ2v) is 7.80. The van der Waals surface area contributed by atoms with Crippen LogP contribution in [0.3, 0.4) is 0 Å². The Morgan fingerprint density at radius 3 is 2.62 bits per heavy atom. The average Bonchev–Trinajstić information content (AvgIpc) is 3.41. The lowest BCUT2D eigenvalue weighted by molar-refractivity contribution is 0.284. The number of anilines is 2. The summed E-state index contributed by atoms with van der Waals surface area (Å²) in [5, 5.41) is 0.797. The minimum Gasteiger partial charge on any atom is -0.467 e. The van der Waals surface area contributed by atoms with Crippen molar-refractivity contribution in [2.24, 2.45) is 4.99 Å². The first-order chi connectivity index (χ1) is 14.2. The molecule has 0 aromatic heterocycles. The largest absolute Gasteiger partial charge is 0.467 e. The summed E-state index contributed by atoms with van der Waals surface area (Å²) in [5.74, 6) is 0.695. The minimum atomic E-state index is -0.120. The fourth-order valence-electron chi connectivity index (χ4n) is 3.98. The third-order valence-corrected chi connectivity index (χ3v) is 5.79. The maximum absolute atomic E-state index is 6.13. The molecule has 3 nitrogen and oxygen atoms in total. The summed E-state index contributed by atoms with van der Waals surface area (Å²) in [6.45, 7) is 5.85. The first kappa shape index (κ1) is 18.0. The predicted molar refractivity (Wildman–Crippen MR) is 120 cm³/mol. The molecule has 0 aliphatic carbocycles. The standard InChI is InChI=1S/C25H21ClN2O/c1-17(24-16-27-25(29-24)19-5-3-2-4-6-19)18-7-10-22(11-8-18)28-14-13-20-15-21(26)9-12-23(20)28/h2-12,15,24H,1,13-14,16H2/t24-/m1/s1. The Balaban J connectivity index is 1.30. The predicted octanol–water partition coefficient (Wildman–Crippen LogP) is 5.89. The fraction of sp³-hybridized carbons (Fsp3) is 0.160. The summed E-state index contributed by atoms with van der Waals surface area (Å²) < 4.78 is 6.08. The number of hydrogen-bond acceptors (Lipinski definition) is 3. The van der Waals surface area contributed by atoms with Gasteiger partial charge in [-0.15, -0.1) is 0 Å². The van der Waals surface area contributed by atoms with Crippen LogP contribution in [-0.2, 0) is 11.2 Å². The zero-order chi connectivity index (χ0) is 19.8. The lowest BCUT2D eigenvalue weighted by Gasteiger charge is -2.21. The van der Waals surface area contributed by atoms with Crippen LogP contribution < -0.4 is 4.90 Å². The van der Waals surface area contributed by atoms with Crippen LogP contribution in [0, 0.1) is 0 Å². The average molecular weight is 401 g/mol. The summed E-state index contributed by atoms with van der Waals surface area (Å²) in [6, 6.07) is 24.7. The van der Waals surface area contributed by atoms with E-state index in [1.807, 2.05) is 36.4 Å². The van der Waals surface area contributed by atoms with Crippen molar-refractivity contribution in [3.8, 4) is 0 Å². The van der Waals surface area contributed by atoms with E-state index >= 15 is 0 Å². The Morgan fingerprint density at radius 2 is 1.83 bits per heavy atom. The summed E-state index contributed by atoms with van der Waals surface area (Å²) in [6.07, 6.45) is 0.894. The molecule has 1 atom stereocenters. The van der Waals surface area contributed by atoms with E-state index in [9.17, 15) is 0 Å². The minimum absolute atomic E-state index is 0.120. The lowest BCUT2D eigenvalue weighted by Crippen LogP contribution is -2.16. The van der Waals surface area contributed by atoms with Gasteiger partial charge in [0.25, 0.3) is 0 Å². The second kappa shape index (κ2) is 7.41. The van der Waals surface area contributed by atoms with Gasteiger partial charge in [-0.2, -0.15) is 0 Å². The van der Waals surface area contributed by atoms with Crippen molar-refractivity contribution in [3.63, 3.8) is 0 Å². The Hall–Kier alpha value is -3.04. The molecule has 144 valence electrons. The van der Waals surface area contributed by atoms with Crippen LogP contribution in [-0.4, -0.2) is 25.1 Å². The smallest absolute Gasteiger partial charge is 0.216 e. The maximum Gasteiger partial charge on any atom is 0.216 e. The molecule has 4 heteroatoms. The van der Waals surface area contributed by atoms with Crippen LogP contribution in [0.5, 0.6) is 0 Å². The summed E-state index contributed by atoms with van der Waals surface area (Å²) in [4.78, 5) is 6.90. The van der Waals surface area contributed by atoms with E-state index in [1.165, 1.54) is 16.9 Å². The number of rotatable bonds is 4. The van der Waals surface area contributed by atoms with Gasteiger partial charge >= 0.3 is 0 Å². The van der Waals surface area contributed by atoms with Crippen molar-refractivity contribution in [2.75, 3.05) is 18.0 Å². The van der Waals surface area contributed by atoms with Crippen molar-refractivity contribution in [1.29, 1.82) is 0 Å². The van der Waals surface area contributed by atoms with Gasteiger partial charge in [0, 0.05) is 28.5 Å². The van der Waals surface area contributed by atoms with Gasteiger partial charge in [0.2, 0.25) is 5.90 Å². The van der Waals surface area contributed by atoms with Crippen molar-refractivity contribution >= 4 is 34.4 Å². The van der Waals surface area contributed by atoms with E-state index in [4.69, 9.17) is 16.3 Å². The number of fused-ring (bicyclic) bond motifs is 1. The van der Waals surface area contributed by atoms with Gasteiger partial charge in [-0.1, -0.05) is 48.5 Å². The first-order valence-corrected chi connectivity index (χ1v) is 10.2. The molecule has 0 saturated carbocycles. The monoisotopic (exact) mass is 400 g/mol. The van der Waals surface area contributed by atoms with Gasteiger partial charge in [0.15, 0.2) is 0 Å². The second-order valence-electron chi connectivity index (χ2n) is 7.37. The molecule has 2 heterocycles. The first-order valence-electron chi connectivity index (χ1n) is 9.81. The highest BCUT2D eigenvalue weighted by atomic mass is 35.5. The van der Waals surface area contributed by atoms with Gasteiger partial charge in [-0.25, -0.2) is 4.99 Å². The SMILES string of the molecule is C=C(c1ccc(N2CCc3cc(Cl)ccc32)cc1)[C@H]1CN=C(c2ccccc2)O1. The molecule has 3 aromatic rings. The van der Waals surface area contributed by atoms with Crippen molar-refractivity contribution in [2.45, 2.75) is 12.5 Å². The molecular weight excluding hydrogens is 380 g/mol. The molecule has 2 aliphatic rings. The van der Waals surface area contributed by atoms with Crippen LogP contribution in [0.15, 0.2) is 84.4 Å². The van der Waals surface area contributed by atoms with E-state index < -0.39 is 0 Å². The van der Waals surface area contributed by atoms with Crippen molar-refractivity contribution in [3.05, 3.63) is 101 Å². The van der Waals surface area contributed by atoms with E-state index in [0.717, 1.165) is 34.7 Å². The van der Waals surface area contributed by atoms with Crippen molar-refractivity contribution < 1.29 is 4.74 Å². The Kier molecular flexibility index (Phi) is 4.61. The van der Waals surface area contributed by atoms with E-state index in [-0.39, 0.29) is 6.10 Å². The topological polar surface area (TPSA) is 24.8 Å². The number of halogens is 1. The highest BCUT2D eigenvalue weighted by Crippen LogP contribution is 2.36. The van der Waals surface area contributed by atoms with E-state index in [0.29, 0.717) is 12.4 Å². The molecule has 0 fully saturated rings. The van der Waals surface area contributed by atoms with Gasteiger partial charge in [-0.3, -0.25) is 0 Å². The molecule has 2 aliphatic heterocycles. The molecule has 5 rings (SSSR count). The van der Waals surface area contributed by atoms with Gasteiger partial charge in [0.1, 0.15) is 6.10 Å². The van der Waals surface area contributed by atoms with Gasteiger partial charge in [0.05, 0.1) is 6.54 Å². The van der Waals surface area contributed by atoms with Crippen LogP contribution in [0.2, 0.25) is 5.02 Å². The molecular formula is C25H21ClN2O. The van der Waals surface area contributed by atoms with Crippen LogP contribution in [0.25, 0.3) is 5.57 Å². The quantitative estimate of drug-likeness (QED) is 0.545. The zero-order valence-electron chi connectivity index (χ0n) is 16.0. The van der Waals surface area contributed by atoms with Crippen LogP contribution >= 0.6 is 11.6 Å².